The minimum Gasteiger partial charge on any atom is -0.507 e. The van der Waals surface area contributed by atoms with E-state index in [4.69, 9.17) is 21.1 Å². The lowest BCUT2D eigenvalue weighted by atomic mass is 9.95. The molecule has 33 heavy (non-hydrogen) atoms. The first-order valence-electron chi connectivity index (χ1n) is 10.1. The number of carbonyl (C=O) groups excluding carboxylic acids is 2. The topological polar surface area (TPSA) is 89.0 Å². The summed E-state index contributed by atoms with van der Waals surface area (Å²) < 4.78 is 10.6. The fourth-order valence-corrected chi connectivity index (χ4v) is 4.11. The fraction of sp³-hybridized carbons (Fsp3) is 0.160. The monoisotopic (exact) mass is 464 g/mol. The van der Waals surface area contributed by atoms with Gasteiger partial charge in [0.15, 0.2) is 11.5 Å². The van der Waals surface area contributed by atoms with E-state index in [9.17, 15) is 14.7 Å². The molecule has 0 saturated carbocycles. The van der Waals surface area contributed by atoms with E-state index >= 15 is 0 Å². The zero-order valence-electron chi connectivity index (χ0n) is 18.2. The smallest absolute Gasteiger partial charge is 0.300 e. The number of nitrogens with zero attached hydrogens (tertiary/aromatic N) is 2. The summed E-state index contributed by atoms with van der Waals surface area (Å²) in [5, 5.41) is 11.7. The van der Waals surface area contributed by atoms with Crippen molar-refractivity contribution in [3.8, 4) is 11.5 Å². The molecule has 1 saturated heterocycles. The van der Waals surface area contributed by atoms with Crippen LogP contribution in [0.25, 0.3) is 5.76 Å². The van der Waals surface area contributed by atoms with E-state index in [0.717, 1.165) is 0 Å². The number of ether oxygens (including phenoxy) is 2. The van der Waals surface area contributed by atoms with Crippen LogP contribution in [0.1, 0.15) is 22.7 Å². The maximum Gasteiger partial charge on any atom is 0.300 e. The van der Waals surface area contributed by atoms with Crippen molar-refractivity contribution < 1.29 is 24.2 Å². The van der Waals surface area contributed by atoms with Gasteiger partial charge in [0.25, 0.3) is 11.7 Å². The summed E-state index contributed by atoms with van der Waals surface area (Å²) in [4.78, 5) is 31.9. The predicted molar refractivity (Wildman–Crippen MR) is 125 cm³/mol. The number of carbonyl (C=O) groups is 2. The third-order valence-corrected chi connectivity index (χ3v) is 6.03. The van der Waals surface area contributed by atoms with Gasteiger partial charge >= 0.3 is 0 Å². The molecule has 1 atom stereocenters. The first-order valence-corrected chi connectivity index (χ1v) is 10.4. The third kappa shape index (κ3) is 3.81. The second-order valence-corrected chi connectivity index (χ2v) is 7.81. The van der Waals surface area contributed by atoms with Gasteiger partial charge in [-0.25, -0.2) is 0 Å². The Kier molecular flexibility index (Phi) is 6.07. The molecular formula is C25H21ClN2O5. The lowest BCUT2D eigenvalue weighted by Crippen LogP contribution is -2.30. The molecule has 0 bridgehead atoms. The molecule has 8 heteroatoms. The average molecular weight is 465 g/mol. The van der Waals surface area contributed by atoms with Gasteiger partial charge < -0.3 is 14.6 Å². The van der Waals surface area contributed by atoms with Crippen molar-refractivity contribution in [2.75, 3.05) is 19.1 Å². The molecule has 2 heterocycles. The van der Waals surface area contributed by atoms with Crippen molar-refractivity contribution >= 4 is 34.7 Å². The number of anilines is 1. The molecule has 0 radical (unpaired) electrons. The van der Waals surface area contributed by atoms with E-state index < -0.39 is 17.7 Å². The molecule has 1 N–H and O–H groups in total. The van der Waals surface area contributed by atoms with Crippen molar-refractivity contribution in [2.45, 2.75) is 13.0 Å². The zero-order valence-corrected chi connectivity index (χ0v) is 19.0. The first-order chi connectivity index (χ1) is 15.9. The Hall–Kier alpha value is -3.84. The van der Waals surface area contributed by atoms with Crippen molar-refractivity contribution in [2.24, 2.45) is 0 Å². The van der Waals surface area contributed by atoms with E-state index in [1.807, 2.05) is 0 Å². The van der Waals surface area contributed by atoms with Gasteiger partial charge in [-0.1, -0.05) is 17.7 Å². The minimum atomic E-state index is -0.877. The standard InChI is InChI=1S/C25H21ClN2O5/c1-14-17(26)5-4-6-18(14)28-22(15-9-11-27-12-10-15)21(24(30)25(28)31)23(29)16-7-8-19(32-2)20(13-16)33-3/h4-13,22,29H,1-3H3/b23-21+. The Morgan fingerprint density at radius 3 is 2.39 bits per heavy atom. The van der Waals surface area contributed by atoms with Crippen LogP contribution in [0.4, 0.5) is 5.69 Å². The van der Waals surface area contributed by atoms with Gasteiger partial charge in [0.2, 0.25) is 0 Å². The summed E-state index contributed by atoms with van der Waals surface area (Å²) in [6.45, 7) is 1.77. The molecular weight excluding hydrogens is 444 g/mol. The largest absolute Gasteiger partial charge is 0.507 e. The third-order valence-electron chi connectivity index (χ3n) is 5.62. The number of rotatable bonds is 5. The summed E-state index contributed by atoms with van der Waals surface area (Å²) in [7, 11) is 2.97. The molecule has 1 aliphatic heterocycles. The number of aliphatic hydroxyl groups is 1. The van der Waals surface area contributed by atoms with Crippen LogP contribution < -0.4 is 14.4 Å². The molecule has 1 amide bonds. The summed E-state index contributed by atoms with van der Waals surface area (Å²) in [6.07, 6.45) is 3.13. The van der Waals surface area contributed by atoms with Crippen LogP contribution in [-0.2, 0) is 9.59 Å². The zero-order chi connectivity index (χ0) is 23.7. The Bertz CT molecular complexity index is 1270. The molecule has 168 valence electrons. The van der Waals surface area contributed by atoms with Crippen LogP contribution in [0, 0.1) is 6.92 Å². The van der Waals surface area contributed by atoms with Crippen LogP contribution >= 0.6 is 11.6 Å². The lowest BCUT2D eigenvalue weighted by Gasteiger charge is -2.27. The maximum absolute atomic E-state index is 13.3. The number of aliphatic hydroxyl groups excluding tert-OH is 1. The predicted octanol–water partition coefficient (Wildman–Crippen LogP) is 4.69. The highest BCUT2D eigenvalue weighted by molar-refractivity contribution is 6.52. The van der Waals surface area contributed by atoms with Crippen LogP contribution in [-0.4, -0.2) is 36.0 Å². The molecule has 0 spiro atoms. The molecule has 7 nitrogen and oxygen atoms in total. The van der Waals surface area contributed by atoms with Crippen molar-refractivity contribution in [1.29, 1.82) is 0 Å². The SMILES string of the molecule is COc1ccc(/C(O)=C2\C(=O)C(=O)N(c3cccc(Cl)c3C)C2c2ccncc2)cc1OC. The molecule has 3 aromatic rings. The van der Waals surface area contributed by atoms with Crippen molar-refractivity contribution in [3.63, 3.8) is 0 Å². The molecule has 0 aliphatic carbocycles. The number of halogens is 1. The number of hydrogen-bond donors (Lipinski definition) is 1. The van der Waals surface area contributed by atoms with Gasteiger partial charge in [0, 0.05) is 28.7 Å². The summed E-state index contributed by atoms with van der Waals surface area (Å²) in [5.74, 6) is -1.04. The summed E-state index contributed by atoms with van der Waals surface area (Å²) >= 11 is 6.31. The van der Waals surface area contributed by atoms with E-state index in [2.05, 4.69) is 4.98 Å². The van der Waals surface area contributed by atoms with Gasteiger partial charge in [-0.15, -0.1) is 0 Å². The number of ketones is 1. The quantitative estimate of drug-likeness (QED) is 0.335. The Morgan fingerprint density at radius 2 is 1.73 bits per heavy atom. The molecule has 1 fully saturated rings. The number of Topliss-reactive ketones (excluding diaryl/α,β-unsaturated/α-hetero) is 1. The minimum absolute atomic E-state index is 0.0437. The van der Waals surface area contributed by atoms with Gasteiger partial charge in [-0.3, -0.25) is 19.5 Å². The number of pyridine rings is 1. The Balaban J connectivity index is 1.96. The van der Waals surface area contributed by atoms with Crippen molar-refractivity contribution in [1.82, 2.24) is 4.98 Å². The molecule has 1 aliphatic rings. The maximum atomic E-state index is 13.3. The Labute approximate surface area is 195 Å². The Morgan fingerprint density at radius 1 is 1.03 bits per heavy atom. The van der Waals surface area contributed by atoms with Gasteiger partial charge in [0.1, 0.15) is 5.76 Å². The highest BCUT2D eigenvalue weighted by atomic mass is 35.5. The van der Waals surface area contributed by atoms with Crippen LogP contribution in [0.3, 0.4) is 0 Å². The average Bonchev–Trinajstić information content (AvgIpc) is 3.10. The number of hydrogen-bond acceptors (Lipinski definition) is 6. The molecule has 1 unspecified atom stereocenters. The van der Waals surface area contributed by atoms with E-state index in [0.29, 0.717) is 38.9 Å². The fourth-order valence-electron chi connectivity index (χ4n) is 3.94. The summed E-state index contributed by atoms with van der Waals surface area (Å²) in [6, 6.07) is 12.4. The summed E-state index contributed by atoms with van der Waals surface area (Å²) in [5.41, 5.74) is 2.01. The highest BCUT2D eigenvalue weighted by Crippen LogP contribution is 2.44. The van der Waals surface area contributed by atoms with E-state index in [1.54, 1.807) is 67.8 Å². The number of benzene rings is 2. The van der Waals surface area contributed by atoms with Crippen LogP contribution in [0.2, 0.25) is 5.02 Å². The van der Waals surface area contributed by atoms with Gasteiger partial charge in [-0.2, -0.15) is 0 Å². The van der Waals surface area contributed by atoms with E-state index in [1.165, 1.54) is 19.1 Å². The second-order valence-electron chi connectivity index (χ2n) is 7.40. The molecule has 2 aromatic carbocycles. The lowest BCUT2D eigenvalue weighted by molar-refractivity contribution is -0.132. The normalized spacial score (nSPS) is 17.3. The van der Waals surface area contributed by atoms with Gasteiger partial charge in [-0.05, 0) is 60.5 Å². The molecule has 4 rings (SSSR count). The molecule has 1 aromatic heterocycles. The van der Waals surface area contributed by atoms with Crippen LogP contribution in [0.15, 0.2) is 66.5 Å². The number of aromatic nitrogens is 1. The number of amides is 1. The van der Waals surface area contributed by atoms with Crippen molar-refractivity contribution in [3.05, 3.63) is 88.2 Å². The second kappa shape index (κ2) is 8.96. The van der Waals surface area contributed by atoms with E-state index in [-0.39, 0.29) is 11.3 Å². The highest BCUT2D eigenvalue weighted by Gasteiger charge is 2.47. The van der Waals surface area contributed by atoms with Gasteiger partial charge in [0.05, 0.1) is 25.8 Å². The number of methoxy groups -OCH3 is 2. The van der Waals surface area contributed by atoms with Crippen LogP contribution in [0.5, 0.6) is 11.5 Å². The first kappa shape index (κ1) is 22.4.